The molecule has 6 N–H and O–H groups in total. The van der Waals surface area contributed by atoms with Gasteiger partial charge < -0.3 is 41.4 Å². The van der Waals surface area contributed by atoms with Crippen LogP contribution in [0.4, 0.5) is 17.2 Å². The number of rotatable bonds is 12. The Labute approximate surface area is 283 Å². The summed E-state index contributed by atoms with van der Waals surface area (Å²) in [5.74, 6) is 0.0995. The molecule has 2 aliphatic rings. The number of aromatic nitrogens is 1. The Morgan fingerprint density at radius 2 is 1.81 bits per heavy atom. The van der Waals surface area contributed by atoms with Gasteiger partial charge in [-0.2, -0.15) is 0 Å². The van der Waals surface area contributed by atoms with Gasteiger partial charge in [0, 0.05) is 55.9 Å². The quantitative estimate of drug-likeness (QED) is 0.181. The first kappa shape index (κ1) is 34.8. The molecule has 48 heavy (non-hydrogen) atoms. The summed E-state index contributed by atoms with van der Waals surface area (Å²) in [6.07, 6.45) is 4.91. The van der Waals surface area contributed by atoms with Crippen molar-refractivity contribution in [2.45, 2.75) is 89.0 Å². The lowest BCUT2D eigenvalue weighted by atomic mass is 9.79. The van der Waals surface area contributed by atoms with Crippen LogP contribution in [0.25, 0.3) is 0 Å². The number of aromatic hydroxyl groups is 1. The fraction of sp³-hybridized carbons (Fsp3) is 0.459. The van der Waals surface area contributed by atoms with Gasteiger partial charge in [-0.25, -0.2) is 4.98 Å². The average Bonchev–Trinajstić information content (AvgIpc) is 3.36. The van der Waals surface area contributed by atoms with Crippen molar-refractivity contribution in [2.24, 2.45) is 5.73 Å². The molecule has 1 aromatic heterocycles. The van der Waals surface area contributed by atoms with Crippen molar-refractivity contribution >= 4 is 35.3 Å². The molecule has 0 bridgehead atoms. The summed E-state index contributed by atoms with van der Waals surface area (Å²) in [6, 6.07) is 15.6. The largest absolute Gasteiger partial charge is 0.508 e. The van der Waals surface area contributed by atoms with E-state index in [1.807, 2.05) is 42.3 Å². The minimum absolute atomic E-state index is 0.0167. The maximum atomic E-state index is 13.6. The van der Waals surface area contributed by atoms with Crippen LogP contribution >= 0.6 is 0 Å². The lowest BCUT2D eigenvalue weighted by molar-refractivity contribution is -0.133. The zero-order chi connectivity index (χ0) is 34.6. The van der Waals surface area contributed by atoms with E-state index >= 15 is 0 Å². The molecule has 3 heterocycles. The van der Waals surface area contributed by atoms with E-state index < -0.39 is 12.0 Å². The van der Waals surface area contributed by atoms with Crippen LogP contribution in [-0.4, -0.2) is 76.4 Å². The van der Waals surface area contributed by atoms with Gasteiger partial charge in [-0.3, -0.25) is 9.59 Å². The lowest BCUT2D eigenvalue weighted by Gasteiger charge is -2.46. The number of carbonyl (C=O) groups is 3. The molecule has 2 atom stereocenters. The maximum Gasteiger partial charge on any atom is 0.240 e. The van der Waals surface area contributed by atoms with Gasteiger partial charge in [0.15, 0.2) is 0 Å². The summed E-state index contributed by atoms with van der Waals surface area (Å²) in [6.45, 7) is 9.84. The van der Waals surface area contributed by atoms with Crippen molar-refractivity contribution in [2.75, 3.05) is 35.7 Å². The number of para-hydroxylation sites is 1. The van der Waals surface area contributed by atoms with Crippen molar-refractivity contribution in [1.82, 2.24) is 15.2 Å². The van der Waals surface area contributed by atoms with Crippen LogP contribution in [0.1, 0.15) is 69.6 Å². The topological polar surface area (TPSA) is 153 Å². The summed E-state index contributed by atoms with van der Waals surface area (Å²) >= 11 is 0. The normalized spacial score (nSPS) is 18.9. The third-order valence-corrected chi connectivity index (χ3v) is 9.15. The number of fused-ring (bicyclic) bond motifs is 1. The molecule has 0 spiro atoms. The van der Waals surface area contributed by atoms with Gasteiger partial charge in [-0.15, -0.1) is 0 Å². The third kappa shape index (κ3) is 8.51. The number of benzene rings is 2. The molecule has 11 nitrogen and oxygen atoms in total. The van der Waals surface area contributed by atoms with E-state index in [0.29, 0.717) is 18.7 Å². The van der Waals surface area contributed by atoms with Gasteiger partial charge in [-0.05, 0) is 87.9 Å². The van der Waals surface area contributed by atoms with Gasteiger partial charge in [0.2, 0.25) is 11.8 Å². The number of hydrogen-bond donors (Lipinski definition) is 5. The first-order valence-corrected chi connectivity index (χ1v) is 16.7. The minimum Gasteiger partial charge on any atom is -0.508 e. The Morgan fingerprint density at radius 3 is 2.46 bits per heavy atom. The van der Waals surface area contributed by atoms with Crippen molar-refractivity contribution in [3.8, 4) is 5.75 Å². The monoisotopic (exact) mass is 655 g/mol. The molecule has 256 valence electrons. The number of nitrogens with one attached hydrogen (secondary N) is 3. The number of hydrogen-bond acceptors (Lipinski definition) is 9. The van der Waals surface area contributed by atoms with Crippen LogP contribution < -0.4 is 26.6 Å². The van der Waals surface area contributed by atoms with E-state index in [2.05, 4.69) is 48.6 Å². The number of anilines is 3. The van der Waals surface area contributed by atoms with Crippen molar-refractivity contribution in [3.63, 3.8) is 0 Å². The maximum absolute atomic E-state index is 13.6. The number of phenolic OH excluding ortho intramolecular Hbond substituents is 1. The first-order chi connectivity index (χ1) is 22.7. The second-order valence-electron chi connectivity index (χ2n) is 14.5. The summed E-state index contributed by atoms with van der Waals surface area (Å²) in [7, 11) is 1.94. The molecular formula is C37H49N7O4. The van der Waals surface area contributed by atoms with E-state index in [1.165, 1.54) is 0 Å². The number of piperidine rings is 1. The van der Waals surface area contributed by atoms with Crippen LogP contribution in [0.3, 0.4) is 0 Å². The van der Waals surface area contributed by atoms with Crippen molar-refractivity contribution in [1.29, 1.82) is 0 Å². The number of carbonyl (C=O) groups excluding carboxylic acids is 3. The molecule has 1 fully saturated rings. The van der Waals surface area contributed by atoms with Crippen LogP contribution in [0.2, 0.25) is 0 Å². The molecule has 2 aromatic carbocycles. The number of nitrogens with zero attached hydrogens (tertiary/aromatic N) is 3. The minimum atomic E-state index is -0.817. The predicted octanol–water partition coefficient (Wildman–Crippen LogP) is 4.17. The summed E-state index contributed by atoms with van der Waals surface area (Å²) < 4.78 is 0. The highest BCUT2D eigenvalue weighted by Crippen LogP contribution is 2.39. The van der Waals surface area contributed by atoms with Gasteiger partial charge in [0.25, 0.3) is 0 Å². The predicted molar refractivity (Wildman–Crippen MR) is 189 cm³/mol. The molecule has 0 saturated carbocycles. The van der Waals surface area contributed by atoms with Crippen LogP contribution in [0.5, 0.6) is 5.75 Å². The van der Waals surface area contributed by atoms with Crippen molar-refractivity contribution in [3.05, 3.63) is 77.5 Å². The number of likely N-dealkylation sites (N-methyl/N-ethyl adjacent to an activating group) is 1. The van der Waals surface area contributed by atoms with Crippen molar-refractivity contribution < 1.29 is 19.5 Å². The van der Waals surface area contributed by atoms with Crippen LogP contribution in [-0.2, 0) is 27.3 Å². The van der Waals surface area contributed by atoms with E-state index in [1.54, 1.807) is 35.4 Å². The number of aldehydes is 1. The van der Waals surface area contributed by atoms with Gasteiger partial charge in [0.05, 0.1) is 23.8 Å². The third-order valence-electron chi connectivity index (χ3n) is 9.15. The van der Waals surface area contributed by atoms with Gasteiger partial charge in [-0.1, -0.05) is 30.3 Å². The second kappa shape index (κ2) is 14.3. The van der Waals surface area contributed by atoms with Gasteiger partial charge >= 0.3 is 0 Å². The van der Waals surface area contributed by atoms with E-state index in [0.717, 1.165) is 47.3 Å². The lowest BCUT2D eigenvalue weighted by Crippen LogP contribution is -2.60. The molecule has 5 rings (SSSR count). The zero-order valence-electron chi connectivity index (χ0n) is 28.6. The molecule has 1 saturated heterocycles. The van der Waals surface area contributed by atoms with Crippen LogP contribution in [0.15, 0.2) is 60.8 Å². The Bertz CT molecular complexity index is 1590. The number of nitrogens with two attached hydrogens (primary N) is 1. The molecule has 3 aromatic rings. The Morgan fingerprint density at radius 1 is 1.10 bits per heavy atom. The fourth-order valence-corrected chi connectivity index (χ4v) is 7.48. The molecule has 2 aliphatic heterocycles. The highest BCUT2D eigenvalue weighted by Gasteiger charge is 2.38. The summed E-state index contributed by atoms with van der Waals surface area (Å²) in [5, 5.41) is 19.9. The Balaban J connectivity index is 1.25. The second-order valence-corrected chi connectivity index (χ2v) is 14.5. The summed E-state index contributed by atoms with van der Waals surface area (Å²) in [4.78, 5) is 46.7. The molecule has 0 aliphatic carbocycles. The number of phenols is 1. The smallest absolute Gasteiger partial charge is 0.240 e. The Kier molecular flexibility index (Phi) is 10.4. The molecule has 0 radical (unpaired) electrons. The molecule has 11 heteroatoms. The van der Waals surface area contributed by atoms with E-state index in [-0.39, 0.29) is 54.2 Å². The fourth-order valence-electron chi connectivity index (χ4n) is 7.48. The zero-order valence-corrected chi connectivity index (χ0v) is 28.6. The van der Waals surface area contributed by atoms with E-state index in [9.17, 15) is 19.5 Å². The standard InChI is InChI=1S/C37H49N7O4/c1-36(2)19-27(20-37(3,4)42-36)40-32-15-12-26(21-39-32)41-34(47)30-23-43(5)33-25(8-6-9-29(30)33)22-44(16-7-17-45)35(48)31(38)18-24-10-13-28(46)14-11-24/h6,8-15,17,21,27,30-31,42,46H,7,16,18-20,22-23,38H2,1-5H3,(H,39,40)(H,41,47). The first-order valence-electron chi connectivity index (χ1n) is 16.7. The van der Waals surface area contributed by atoms with Crippen LogP contribution in [0, 0.1) is 0 Å². The Hall–Kier alpha value is -4.48. The molecular weight excluding hydrogens is 606 g/mol. The number of pyridine rings is 1. The highest BCUT2D eigenvalue weighted by molar-refractivity contribution is 5.98. The SMILES string of the molecule is CN1CC(C(=O)Nc2ccc(NC3CC(C)(C)NC(C)(C)C3)nc2)c2cccc(CN(CCC=O)C(=O)C(N)Cc3ccc(O)cc3)c21. The van der Waals surface area contributed by atoms with Gasteiger partial charge in [0.1, 0.15) is 17.9 Å². The van der Waals surface area contributed by atoms with E-state index in [4.69, 9.17) is 5.73 Å². The highest BCUT2D eigenvalue weighted by atomic mass is 16.3. The number of amides is 2. The average molecular weight is 656 g/mol. The summed E-state index contributed by atoms with van der Waals surface area (Å²) in [5.41, 5.74) is 10.5. The molecule has 2 amide bonds. The molecule has 2 unspecified atom stereocenters.